The normalized spacial score (nSPS) is 11.1. The van der Waals surface area contributed by atoms with Crippen LogP contribution in [0.4, 0.5) is 17.1 Å². The van der Waals surface area contributed by atoms with Crippen molar-refractivity contribution in [3.05, 3.63) is 58.1 Å². The Kier molecular flexibility index (Phi) is 5.35. The Morgan fingerprint density at radius 1 is 1.20 bits per heavy atom. The predicted octanol–water partition coefficient (Wildman–Crippen LogP) is 1.27. The third kappa shape index (κ3) is 4.52. The molecule has 0 atom stereocenters. The molecule has 0 radical (unpaired) electrons. The van der Waals surface area contributed by atoms with E-state index in [-0.39, 0.29) is 22.7 Å². The van der Waals surface area contributed by atoms with E-state index in [9.17, 15) is 23.3 Å². The van der Waals surface area contributed by atoms with Gasteiger partial charge >= 0.3 is 0 Å². The molecule has 2 aromatic rings. The van der Waals surface area contributed by atoms with Crippen molar-refractivity contribution in [2.24, 2.45) is 5.73 Å². The lowest BCUT2D eigenvalue weighted by Gasteiger charge is -2.09. The largest absolute Gasteiger partial charge is 0.369 e. The number of hydrogen-bond acceptors (Lipinski definition) is 6. The van der Waals surface area contributed by atoms with Gasteiger partial charge < -0.3 is 11.1 Å². The van der Waals surface area contributed by atoms with Crippen LogP contribution in [-0.4, -0.2) is 26.3 Å². The van der Waals surface area contributed by atoms with Crippen molar-refractivity contribution in [1.29, 1.82) is 0 Å². The van der Waals surface area contributed by atoms with Crippen LogP contribution in [0.25, 0.3) is 0 Å². The molecule has 0 fully saturated rings. The number of nitrogens with two attached hydrogens (primary N) is 1. The maximum Gasteiger partial charge on any atom is 0.294 e. The first kappa shape index (κ1) is 18.4. The molecule has 4 N–H and O–H groups in total. The highest BCUT2D eigenvalue weighted by atomic mass is 32.2. The summed E-state index contributed by atoms with van der Waals surface area (Å²) in [7, 11) is -2.56. The number of nitro benzene ring substituents is 1. The molecule has 0 aliphatic rings. The topological polar surface area (TPSA) is 144 Å². The van der Waals surface area contributed by atoms with Gasteiger partial charge in [-0.05, 0) is 36.9 Å². The van der Waals surface area contributed by atoms with Crippen LogP contribution in [0.5, 0.6) is 0 Å². The number of amides is 1. The fourth-order valence-electron chi connectivity index (χ4n) is 2.12. The van der Waals surface area contributed by atoms with E-state index in [0.717, 1.165) is 6.07 Å². The summed E-state index contributed by atoms with van der Waals surface area (Å²) in [5.41, 5.74) is 6.13. The third-order valence-corrected chi connectivity index (χ3v) is 4.77. The first-order valence-corrected chi connectivity index (χ1v) is 8.57. The molecule has 0 aromatic heterocycles. The zero-order valence-electron chi connectivity index (χ0n) is 13.2. The molecule has 0 saturated carbocycles. The van der Waals surface area contributed by atoms with E-state index in [1.54, 1.807) is 24.3 Å². The van der Waals surface area contributed by atoms with Gasteiger partial charge in [-0.2, -0.15) is 0 Å². The number of anilines is 2. The van der Waals surface area contributed by atoms with E-state index < -0.39 is 20.9 Å². The Balaban J connectivity index is 2.33. The highest BCUT2D eigenvalue weighted by Crippen LogP contribution is 2.30. The average Bonchev–Trinajstić information content (AvgIpc) is 2.56. The van der Waals surface area contributed by atoms with Crippen molar-refractivity contribution < 1.29 is 18.1 Å². The number of sulfonamides is 1. The minimum atomic E-state index is -3.79. The first-order chi connectivity index (χ1) is 11.7. The van der Waals surface area contributed by atoms with Gasteiger partial charge in [0.05, 0.1) is 16.2 Å². The van der Waals surface area contributed by atoms with Crippen molar-refractivity contribution in [2.45, 2.75) is 11.3 Å². The minimum Gasteiger partial charge on any atom is -0.369 e. The molecule has 132 valence electrons. The van der Waals surface area contributed by atoms with Crippen molar-refractivity contribution in [3.8, 4) is 0 Å². The molecule has 0 heterocycles. The van der Waals surface area contributed by atoms with E-state index in [4.69, 9.17) is 5.73 Å². The fraction of sp³-hybridized carbons (Fsp3) is 0.133. The summed E-state index contributed by atoms with van der Waals surface area (Å²) < 4.78 is 25.7. The number of hydrogen-bond donors (Lipinski definition) is 3. The number of nitro groups is 1. The van der Waals surface area contributed by atoms with Crippen molar-refractivity contribution in [1.82, 2.24) is 4.72 Å². The van der Waals surface area contributed by atoms with Gasteiger partial charge in [0.1, 0.15) is 5.69 Å². The SMILES string of the molecule is CNS(=O)(=O)c1ccc(Nc2ccc(CC(N)=O)cc2)c([N+](=O)[O-])c1. The van der Waals surface area contributed by atoms with Gasteiger partial charge in [0.2, 0.25) is 15.9 Å². The highest BCUT2D eigenvalue weighted by Gasteiger charge is 2.20. The molecule has 2 rings (SSSR count). The number of carbonyl (C=O) groups excluding carboxylic acids is 1. The van der Waals surface area contributed by atoms with Crippen LogP contribution in [0.1, 0.15) is 5.56 Å². The molecule has 1 amide bonds. The molecule has 0 aliphatic carbocycles. The molecule has 25 heavy (non-hydrogen) atoms. The highest BCUT2D eigenvalue weighted by molar-refractivity contribution is 7.89. The van der Waals surface area contributed by atoms with Crippen LogP contribution in [-0.2, 0) is 21.2 Å². The second kappa shape index (κ2) is 7.28. The maximum atomic E-state index is 11.8. The number of nitrogens with zero attached hydrogens (tertiary/aromatic N) is 1. The molecule has 9 nitrogen and oxygen atoms in total. The lowest BCUT2D eigenvalue weighted by Crippen LogP contribution is -2.18. The molecule has 0 saturated heterocycles. The van der Waals surface area contributed by atoms with E-state index >= 15 is 0 Å². The summed E-state index contributed by atoms with van der Waals surface area (Å²) in [6.07, 6.45) is 0.0942. The van der Waals surface area contributed by atoms with Crippen molar-refractivity contribution in [3.63, 3.8) is 0 Å². The summed E-state index contributed by atoms with van der Waals surface area (Å²) in [4.78, 5) is 21.3. The minimum absolute atomic E-state index is 0.0942. The molecular weight excluding hydrogens is 348 g/mol. The zero-order valence-corrected chi connectivity index (χ0v) is 14.0. The summed E-state index contributed by atoms with van der Waals surface area (Å²) in [5.74, 6) is -0.460. The Morgan fingerprint density at radius 2 is 1.84 bits per heavy atom. The predicted molar refractivity (Wildman–Crippen MR) is 92.0 cm³/mol. The van der Waals surface area contributed by atoms with Crippen LogP contribution in [0.3, 0.4) is 0 Å². The summed E-state index contributed by atoms with van der Waals surface area (Å²) in [6.45, 7) is 0. The van der Waals surface area contributed by atoms with Crippen LogP contribution < -0.4 is 15.8 Å². The lowest BCUT2D eigenvalue weighted by molar-refractivity contribution is -0.384. The van der Waals surface area contributed by atoms with Crippen LogP contribution in [0.15, 0.2) is 47.4 Å². The Bertz CT molecular complexity index is 910. The molecule has 0 bridgehead atoms. The van der Waals surface area contributed by atoms with Gasteiger partial charge in [0.25, 0.3) is 5.69 Å². The number of rotatable bonds is 7. The second-order valence-corrected chi connectivity index (χ2v) is 7.00. The average molecular weight is 364 g/mol. The smallest absolute Gasteiger partial charge is 0.294 e. The summed E-state index contributed by atoms with van der Waals surface area (Å²) in [5, 5.41) is 14.1. The summed E-state index contributed by atoms with van der Waals surface area (Å²) >= 11 is 0. The van der Waals surface area contributed by atoms with Crippen LogP contribution in [0, 0.1) is 10.1 Å². The van der Waals surface area contributed by atoms with Crippen molar-refractivity contribution >= 4 is 33.0 Å². The molecular formula is C15H16N4O5S. The first-order valence-electron chi connectivity index (χ1n) is 7.09. The lowest BCUT2D eigenvalue weighted by atomic mass is 10.1. The fourth-order valence-corrected chi connectivity index (χ4v) is 2.87. The number of primary amides is 1. The van der Waals surface area contributed by atoms with Gasteiger partial charge in [0, 0.05) is 11.8 Å². The molecule has 0 unspecified atom stereocenters. The number of carbonyl (C=O) groups is 1. The molecule has 0 spiro atoms. The molecule has 10 heteroatoms. The van der Waals surface area contributed by atoms with Crippen LogP contribution in [0.2, 0.25) is 0 Å². The second-order valence-electron chi connectivity index (χ2n) is 5.11. The molecule has 0 aliphatic heterocycles. The maximum absolute atomic E-state index is 11.8. The monoisotopic (exact) mass is 364 g/mol. The summed E-state index contributed by atoms with van der Waals surface area (Å²) in [6, 6.07) is 10.2. The van der Waals surface area contributed by atoms with E-state index in [2.05, 4.69) is 10.0 Å². The van der Waals surface area contributed by atoms with Gasteiger partial charge in [-0.3, -0.25) is 14.9 Å². The zero-order chi connectivity index (χ0) is 18.6. The van der Waals surface area contributed by atoms with E-state index in [0.29, 0.717) is 11.3 Å². The van der Waals surface area contributed by atoms with E-state index in [1.165, 1.54) is 19.2 Å². The van der Waals surface area contributed by atoms with Crippen LogP contribution >= 0.6 is 0 Å². The quantitative estimate of drug-likeness (QED) is 0.498. The Labute approximate surface area is 144 Å². The van der Waals surface area contributed by atoms with Gasteiger partial charge in [-0.25, -0.2) is 13.1 Å². The Morgan fingerprint density at radius 3 is 2.36 bits per heavy atom. The standard InChI is InChI=1S/C15H16N4O5S/c1-17-25(23,24)12-6-7-13(14(9-12)19(21)22)18-11-4-2-10(3-5-11)8-15(16)20/h2-7,9,17-18H,8H2,1H3,(H2,16,20). The van der Waals surface area contributed by atoms with Crippen molar-refractivity contribution in [2.75, 3.05) is 12.4 Å². The molecule has 2 aromatic carbocycles. The van der Waals surface area contributed by atoms with Gasteiger partial charge in [-0.1, -0.05) is 12.1 Å². The number of nitrogens with one attached hydrogen (secondary N) is 2. The number of benzene rings is 2. The van der Waals surface area contributed by atoms with Gasteiger partial charge in [-0.15, -0.1) is 0 Å². The Hall–Kier alpha value is -2.98. The third-order valence-electron chi connectivity index (χ3n) is 3.36. The van der Waals surface area contributed by atoms with Gasteiger partial charge in [0.15, 0.2) is 0 Å². The van der Waals surface area contributed by atoms with E-state index in [1.807, 2.05) is 0 Å².